The smallest absolute Gasteiger partial charge is 0.200 e. The summed E-state index contributed by atoms with van der Waals surface area (Å²) in [7, 11) is 0. The molecule has 2 heterocycles. The molecule has 94 valence electrons. The fourth-order valence-electron chi connectivity index (χ4n) is 2.75. The molecule has 3 aromatic rings. The van der Waals surface area contributed by atoms with Crippen molar-refractivity contribution >= 4 is 21.9 Å². The Morgan fingerprint density at radius 2 is 1.89 bits per heavy atom. The van der Waals surface area contributed by atoms with Gasteiger partial charge in [0.05, 0.1) is 17.4 Å². The topological polar surface area (TPSA) is 39.4 Å². The minimum absolute atomic E-state index is 0.0409. The van der Waals surface area contributed by atoms with Gasteiger partial charge in [-0.05, 0) is 37.1 Å². The molecule has 1 aliphatic heterocycles. The van der Waals surface area contributed by atoms with E-state index in [4.69, 9.17) is 9.15 Å². The quantitative estimate of drug-likeness (QED) is 0.576. The Morgan fingerprint density at radius 1 is 1.00 bits per heavy atom. The van der Waals surface area contributed by atoms with Crippen molar-refractivity contribution in [3.8, 4) is 5.75 Å². The van der Waals surface area contributed by atoms with Crippen molar-refractivity contribution in [1.29, 1.82) is 0 Å². The third kappa shape index (κ3) is 1.48. The van der Waals surface area contributed by atoms with Crippen molar-refractivity contribution in [2.45, 2.75) is 12.8 Å². The van der Waals surface area contributed by atoms with E-state index in [-0.39, 0.29) is 5.43 Å². The molecule has 0 amide bonds. The molecule has 0 unspecified atom stereocenters. The molecule has 0 atom stereocenters. The Labute approximate surface area is 109 Å². The molecule has 3 nitrogen and oxygen atoms in total. The number of fused-ring (bicyclic) bond motifs is 4. The van der Waals surface area contributed by atoms with Gasteiger partial charge in [0, 0.05) is 5.56 Å². The van der Waals surface area contributed by atoms with Crippen molar-refractivity contribution < 1.29 is 9.15 Å². The van der Waals surface area contributed by atoms with Crippen molar-refractivity contribution in [3.05, 3.63) is 52.2 Å². The van der Waals surface area contributed by atoms with Gasteiger partial charge in [-0.25, -0.2) is 0 Å². The second-order valence-electron chi connectivity index (χ2n) is 4.79. The third-order valence-electron chi connectivity index (χ3n) is 3.64. The zero-order valence-corrected chi connectivity index (χ0v) is 10.3. The lowest BCUT2D eigenvalue weighted by atomic mass is 10.00. The number of para-hydroxylation sites is 1. The summed E-state index contributed by atoms with van der Waals surface area (Å²) in [6.07, 6.45) is 1.81. The first-order valence-corrected chi connectivity index (χ1v) is 6.45. The summed E-state index contributed by atoms with van der Waals surface area (Å²) in [5, 5.41) is 1.31. The van der Waals surface area contributed by atoms with Gasteiger partial charge in [0.25, 0.3) is 0 Å². The molecule has 0 saturated carbocycles. The summed E-state index contributed by atoms with van der Waals surface area (Å²) in [6.45, 7) is 0.720. The number of hydrogen-bond acceptors (Lipinski definition) is 3. The molecule has 0 N–H and O–H groups in total. The predicted molar refractivity (Wildman–Crippen MR) is 73.8 cm³/mol. The van der Waals surface area contributed by atoms with Crippen LogP contribution in [-0.2, 0) is 6.42 Å². The van der Waals surface area contributed by atoms with Gasteiger partial charge < -0.3 is 9.15 Å². The standard InChI is InChI=1S/C16H12O3/c17-16-11-4-1-2-6-13(11)19-14-8-7-12-10(15(14)16)5-3-9-18-12/h1-2,4,6-8H,3,5,9H2. The van der Waals surface area contributed by atoms with E-state index in [1.54, 1.807) is 0 Å². The van der Waals surface area contributed by atoms with Crippen LogP contribution in [0.25, 0.3) is 21.9 Å². The number of ether oxygens (including phenoxy) is 1. The van der Waals surface area contributed by atoms with Gasteiger partial charge in [0.15, 0.2) is 0 Å². The SMILES string of the molecule is O=c1c2ccccc2oc2ccc3c(c12)CCCO3. The van der Waals surface area contributed by atoms with E-state index < -0.39 is 0 Å². The second kappa shape index (κ2) is 3.85. The molecule has 3 heteroatoms. The van der Waals surface area contributed by atoms with Gasteiger partial charge in [0.2, 0.25) is 5.43 Å². The number of rotatable bonds is 0. The van der Waals surface area contributed by atoms with Crippen LogP contribution >= 0.6 is 0 Å². The number of aryl methyl sites for hydroxylation is 1. The van der Waals surface area contributed by atoms with Crippen LogP contribution in [0.3, 0.4) is 0 Å². The van der Waals surface area contributed by atoms with E-state index in [0.29, 0.717) is 21.9 Å². The van der Waals surface area contributed by atoms with E-state index in [0.717, 1.165) is 30.8 Å². The lowest BCUT2D eigenvalue weighted by molar-refractivity contribution is 0.289. The Bertz CT molecular complexity index is 846. The summed E-state index contributed by atoms with van der Waals surface area (Å²) in [5.74, 6) is 0.821. The lowest BCUT2D eigenvalue weighted by Crippen LogP contribution is -2.12. The Balaban J connectivity index is 2.22. The molecule has 0 spiro atoms. The van der Waals surface area contributed by atoms with E-state index >= 15 is 0 Å². The fourth-order valence-corrected chi connectivity index (χ4v) is 2.75. The van der Waals surface area contributed by atoms with E-state index in [1.807, 2.05) is 36.4 Å². The molecule has 0 aliphatic carbocycles. The predicted octanol–water partition coefficient (Wildman–Crippen LogP) is 3.27. The molecule has 2 aromatic carbocycles. The summed E-state index contributed by atoms with van der Waals surface area (Å²) in [5.41, 5.74) is 2.31. The maximum absolute atomic E-state index is 12.6. The van der Waals surface area contributed by atoms with Gasteiger partial charge in [-0.2, -0.15) is 0 Å². The fraction of sp³-hybridized carbons (Fsp3) is 0.188. The Kier molecular flexibility index (Phi) is 2.15. The van der Waals surface area contributed by atoms with Gasteiger partial charge in [-0.15, -0.1) is 0 Å². The zero-order chi connectivity index (χ0) is 12.8. The van der Waals surface area contributed by atoms with Crippen LogP contribution in [0.2, 0.25) is 0 Å². The van der Waals surface area contributed by atoms with E-state index in [1.165, 1.54) is 0 Å². The summed E-state index contributed by atoms with van der Waals surface area (Å²) >= 11 is 0. The first kappa shape index (κ1) is 10.6. The average molecular weight is 252 g/mol. The highest BCUT2D eigenvalue weighted by molar-refractivity contribution is 5.92. The first-order valence-electron chi connectivity index (χ1n) is 6.45. The van der Waals surface area contributed by atoms with Gasteiger partial charge in [-0.1, -0.05) is 12.1 Å². The van der Waals surface area contributed by atoms with Gasteiger partial charge in [-0.3, -0.25) is 4.79 Å². The number of hydrogen-bond donors (Lipinski definition) is 0. The molecule has 4 rings (SSSR count). The Hall–Kier alpha value is -2.29. The number of benzene rings is 2. The van der Waals surface area contributed by atoms with Crippen LogP contribution < -0.4 is 10.2 Å². The molecule has 1 aromatic heterocycles. The molecule has 19 heavy (non-hydrogen) atoms. The molecular formula is C16H12O3. The molecule has 0 radical (unpaired) electrons. The summed E-state index contributed by atoms with van der Waals surface area (Å²) in [4.78, 5) is 12.6. The van der Waals surface area contributed by atoms with Crippen molar-refractivity contribution in [1.82, 2.24) is 0 Å². The van der Waals surface area contributed by atoms with E-state index in [2.05, 4.69) is 0 Å². The maximum atomic E-state index is 12.6. The second-order valence-corrected chi connectivity index (χ2v) is 4.79. The maximum Gasteiger partial charge on any atom is 0.200 e. The highest BCUT2D eigenvalue weighted by Crippen LogP contribution is 2.31. The Morgan fingerprint density at radius 3 is 2.84 bits per heavy atom. The minimum Gasteiger partial charge on any atom is -0.493 e. The normalized spacial score (nSPS) is 14.3. The van der Waals surface area contributed by atoms with Crippen molar-refractivity contribution in [3.63, 3.8) is 0 Å². The third-order valence-corrected chi connectivity index (χ3v) is 3.64. The van der Waals surface area contributed by atoms with Crippen LogP contribution in [0, 0.1) is 0 Å². The highest BCUT2D eigenvalue weighted by Gasteiger charge is 2.18. The van der Waals surface area contributed by atoms with Gasteiger partial charge >= 0.3 is 0 Å². The van der Waals surface area contributed by atoms with Crippen molar-refractivity contribution in [2.75, 3.05) is 6.61 Å². The van der Waals surface area contributed by atoms with Crippen LogP contribution in [0.1, 0.15) is 12.0 Å². The molecular weight excluding hydrogens is 240 g/mol. The first-order chi connectivity index (χ1) is 9.34. The van der Waals surface area contributed by atoms with Crippen molar-refractivity contribution in [2.24, 2.45) is 0 Å². The largest absolute Gasteiger partial charge is 0.493 e. The minimum atomic E-state index is 0.0409. The molecule has 0 bridgehead atoms. The lowest BCUT2D eigenvalue weighted by Gasteiger charge is -2.18. The zero-order valence-electron chi connectivity index (χ0n) is 10.3. The highest BCUT2D eigenvalue weighted by atomic mass is 16.5. The monoisotopic (exact) mass is 252 g/mol. The molecule has 1 aliphatic rings. The van der Waals surface area contributed by atoms with Crippen LogP contribution in [0.5, 0.6) is 5.75 Å². The molecule has 0 fully saturated rings. The van der Waals surface area contributed by atoms with E-state index in [9.17, 15) is 4.79 Å². The van der Waals surface area contributed by atoms with Crippen LogP contribution in [0.15, 0.2) is 45.6 Å². The van der Waals surface area contributed by atoms with Crippen LogP contribution in [0.4, 0.5) is 0 Å². The summed E-state index contributed by atoms with van der Waals surface area (Å²) < 4.78 is 11.5. The van der Waals surface area contributed by atoms with Gasteiger partial charge in [0.1, 0.15) is 16.9 Å². The van der Waals surface area contributed by atoms with Crippen LogP contribution in [-0.4, -0.2) is 6.61 Å². The molecule has 0 saturated heterocycles. The summed E-state index contributed by atoms with van der Waals surface area (Å²) in [6, 6.07) is 11.1. The average Bonchev–Trinajstić information content (AvgIpc) is 2.47.